The Kier molecular flexibility index (Phi) is 4.00. The predicted octanol–water partition coefficient (Wildman–Crippen LogP) is 1.89. The lowest BCUT2D eigenvalue weighted by atomic mass is 9.79. The Morgan fingerprint density at radius 3 is 3.05 bits per heavy atom. The van der Waals surface area contributed by atoms with Crippen LogP contribution in [0.4, 0.5) is 0 Å². The third-order valence-electron chi connectivity index (χ3n) is 3.67. The second-order valence-corrected chi connectivity index (χ2v) is 6.02. The fourth-order valence-electron chi connectivity index (χ4n) is 2.71. The molecule has 0 amide bonds. The second-order valence-electron chi connectivity index (χ2n) is 5.38. The first-order valence-corrected chi connectivity index (χ1v) is 7.92. The fourth-order valence-corrected chi connectivity index (χ4v) is 3.01. The first-order valence-electron chi connectivity index (χ1n) is 6.86. The Morgan fingerprint density at radius 1 is 1.50 bits per heavy atom. The van der Waals surface area contributed by atoms with Gasteiger partial charge in [-0.15, -0.1) is 4.40 Å². The highest BCUT2D eigenvalue weighted by molar-refractivity contribution is 7.78. The van der Waals surface area contributed by atoms with Gasteiger partial charge in [-0.1, -0.05) is 12.1 Å². The van der Waals surface area contributed by atoms with Crippen molar-refractivity contribution in [1.82, 2.24) is 10.3 Å². The number of allylic oxidation sites excluding steroid dienone is 1. The summed E-state index contributed by atoms with van der Waals surface area (Å²) in [5.74, 6) is 0.463. The first kappa shape index (κ1) is 14.8. The Labute approximate surface area is 131 Å². The topological polar surface area (TPSA) is 86.9 Å². The summed E-state index contributed by atoms with van der Waals surface area (Å²) in [4.78, 5) is 8.73. The zero-order valence-electron chi connectivity index (χ0n) is 12.1. The maximum Gasteiger partial charge on any atom is 0.283 e. The maximum atomic E-state index is 11.0. The number of aryl methyl sites for hydroxylation is 1. The zero-order chi connectivity index (χ0) is 15.6. The molecule has 2 aliphatic heterocycles. The monoisotopic (exact) mass is 316 g/mol. The fraction of sp³-hybridized carbons (Fsp3) is 0.267. The van der Waals surface area contributed by atoms with Gasteiger partial charge in [0.05, 0.1) is 17.9 Å². The molecule has 1 aromatic heterocycles. The molecule has 2 unspecified atom stereocenters. The van der Waals surface area contributed by atoms with E-state index in [2.05, 4.69) is 31.8 Å². The maximum absolute atomic E-state index is 11.0. The molecule has 0 aliphatic carbocycles. The third-order valence-corrected chi connectivity index (χ3v) is 4.04. The van der Waals surface area contributed by atoms with Crippen LogP contribution in [0.5, 0.6) is 0 Å². The highest BCUT2D eigenvalue weighted by Gasteiger charge is 2.33. The summed E-state index contributed by atoms with van der Waals surface area (Å²) in [7, 11) is 0. The van der Waals surface area contributed by atoms with Crippen LogP contribution in [0.2, 0.25) is 0 Å². The molecule has 0 saturated carbocycles. The molecule has 3 rings (SSSR count). The van der Waals surface area contributed by atoms with Crippen LogP contribution in [0.1, 0.15) is 17.7 Å². The normalized spacial score (nSPS) is 26.8. The molecule has 0 fully saturated rings. The van der Waals surface area contributed by atoms with Crippen LogP contribution in [0.15, 0.2) is 45.9 Å². The van der Waals surface area contributed by atoms with Crippen molar-refractivity contribution in [2.24, 2.45) is 14.8 Å². The van der Waals surface area contributed by atoms with Crippen LogP contribution in [0, 0.1) is 12.3 Å². The van der Waals surface area contributed by atoms with Gasteiger partial charge >= 0.3 is 0 Å². The van der Waals surface area contributed by atoms with Crippen molar-refractivity contribution in [3.63, 3.8) is 0 Å². The van der Waals surface area contributed by atoms with E-state index in [1.54, 1.807) is 12.4 Å². The first-order chi connectivity index (χ1) is 10.6. The smallest absolute Gasteiger partial charge is 0.283 e. The quantitative estimate of drug-likeness (QED) is 0.816. The number of hydrogen-bond acceptors (Lipinski definition) is 3. The minimum Gasteiger partial charge on any atom is -0.341 e. The zero-order valence-corrected chi connectivity index (χ0v) is 12.9. The minimum atomic E-state index is -2.25. The number of nitrogens with zero attached hydrogens (tertiary/aromatic N) is 3. The molecule has 0 aromatic carbocycles. The Balaban J connectivity index is 2.07. The molecule has 2 N–H and O–H groups in total. The summed E-state index contributed by atoms with van der Waals surface area (Å²) in [6.07, 6.45) is 10.0. The minimum absolute atomic E-state index is 0.336. The molecule has 1 spiro atoms. The molecule has 2 atom stereocenters. The highest BCUT2D eigenvalue weighted by Crippen LogP contribution is 2.35. The number of nitrogens with one attached hydrogen (secondary N) is 1. The van der Waals surface area contributed by atoms with Crippen molar-refractivity contribution in [3.8, 4) is 0 Å². The average Bonchev–Trinajstić information content (AvgIpc) is 2.47. The number of aromatic nitrogens is 1. The van der Waals surface area contributed by atoms with Gasteiger partial charge in [0.1, 0.15) is 5.84 Å². The summed E-state index contributed by atoms with van der Waals surface area (Å²) < 4.78 is 23.9. The van der Waals surface area contributed by atoms with Crippen LogP contribution >= 0.6 is 0 Å². The number of rotatable bonds is 2. The number of hydrogen-bond donors (Lipinski definition) is 2. The van der Waals surface area contributed by atoms with Crippen LogP contribution in [-0.2, 0) is 11.3 Å². The molecule has 3 heterocycles. The van der Waals surface area contributed by atoms with Crippen LogP contribution in [-0.4, -0.2) is 32.3 Å². The number of amidine groups is 1. The number of pyridine rings is 1. The standard InChI is InChI=1S/C15H16N4O2S/c1-11-4-2-7-17-14(11)12-8-15(5-3-6-16-10-15)9-13(18-12)19-22(20)21/h2-8H,9-10H2,1H3,(H,18,19)(H,20,21). The molecule has 2 aliphatic rings. The van der Waals surface area contributed by atoms with Crippen LogP contribution in [0.3, 0.4) is 0 Å². The van der Waals surface area contributed by atoms with Gasteiger partial charge in [0.15, 0.2) is 0 Å². The molecule has 114 valence electrons. The predicted molar refractivity (Wildman–Crippen MR) is 87.8 cm³/mol. The van der Waals surface area contributed by atoms with Gasteiger partial charge in [-0.25, -0.2) is 4.21 Å². The highest BCUT2D eigenvalue weighted by atomic mass is 32.2. The molecule has 6 nitrogen and oxygen atoms in total. The van der Waals surface area contributed by atoms with Crippen LogP contribution < -0.4 is 5.32 Å². The van der Waals surface area contributed by atoms with E-state index in [9.17, 15) is 4.21 Å². The van der Waals surface area contributed by atoms with Gasteiger partial charge in [-0.05, 0) is 30.7 Å². The van der Waals surface area contributed by atoms with E-state index in [0.29, 0.717) is 18.8 Å². The Morgan fingerprint density at radius 2 is 2.36 bits per heavy atom. The van der Waals surface area contributed by atoms with Gasteiger partial charge in [-0.3, -0.25) is 14.5 Å². The molecule has 0 bridgehead atoms. The van der Waals surface area contributed by atoms with Crippen molar-refractivity contribution in [2.45, 2.75) is 13.3 Å². The van der Waals surface area contributed by atoms with Crippen LogP contribution in [0.25, 0.3) is 5.70 Å². The molecule has 22 heavy (non-hydrogen) atoms. The van der Waals surface area contributed by atoms with Crippen molar-refractivity contribution in [3.05, 3.63) is 47.8 Å². The lowest BCUT2D eigenvalue weighted by Gasteiger charge is -2.33. The Hall–Kier alpha value is -2.12. The average molecular weight is 316 g/mol. The lowest BCUT2D eigenvalue weighted by molar-refractivity contribution is 0.513. The molecule has 0 saturated heterocycles. The summed E-state index contributed by atoms with van der Waals surface area (Å²) in [5, 5.41) is 3.12. The van der Waals surface area contributed by atoms with Gasteiger partial charge in [0.25, 0.3) is 11.3 Å². The molecule has 1 aromatic rings. The molecular formula is C15H16N4O2S. The van der Waals surface area contributed by atoms with E-state index in [4.69, 9.17) is 4.55 Å². The number of aliphatic imine (C=N–C) groups is 1. The second kappa shape index (κ2) is 5.94. The van der Waals surface area contributed by atoms with E-state index in [1.807, 2.05) is 25.1 Å². The van der Waals surface area contributed by atoms with E-state index >= 15 is 0 Å². The summed E-state index contributed by atoms with van der Waals surface area (Å²) in [5.41, 5.74) is 2.28. The van der Waals surface area contributed by atoms with Gasteiger partial charge in [-0.2, -0.15) is 0 Å². The van der Waals surface area contributed by atoms with Gasteiger partial charge in [0.2, 0.25) is 0 Å². The van der Waals surface area contributed by atoms with Gasteiger partial charge < -0.3 is 5.32 Å². The summed E-state index contributed by atoms with van der Waals surface area (Å²) >= 11 is -2.25. The molecule has 0 radical (unpaired) electrons. The van der Waals surface area contributed by atoms with E-state index in [1.165, 1.54) is 0 Å². The van der Waals surface area contributed by atoms with E-state index < -0.39 is 11.3 Å². The SMILES string of the molecule is Cc1cccnc1C1=CC2(C=CC=NC2)CC(=NS(=O)O)N1. The molecular weight excluding hydrogens is 300 g/mol. The summed E-state index contributed by atoms with van der Waals surface area (Å²) in [6.45, 7) is 2.56. The van der Waals surface area contributed by atoms with Gasteiger partial charge in [0, 0.05) is 24.2 Å². The number of dihydropyridines is 1. The Bertz CT molecular complexity index is 739. The van der Waals surface area contributed by atoms with Crippen molar-refractivity contribution in [2.75, 3.05) is 6.54 Å². The van der Waals surface area contributed by atoms with E-state index in [0.717, 1.165) is 17.0 Å². The summed E-state index contributed by atoms with van der Waals surface area (Å²) in [6, 6.07) is 3.85. The van der Waals surface area contributed by atoms with Crippen molar-refractivity contribution >= 4 is 29.0 Å². The third kappa shape index (κ3) is 3.05. The van der Waals surface area contributed by atoms with E-state index in [-0.39, 0.29) is 5.41 Å². The molecule has 7 heteroatoms. The van der Waals surface area contributed by atoms with Crippen molar-refractivity contribution < 1.29 is 8.76 Å². The lowest BCUT2D eigenvalue weighted by Crippen LogP contribution is -2.38. The van der Waals surface area contributed by atoms with Crippen molar-refractivity contribution in [1.29, 1.82) is 0 Å². The largest absolute Gasteiger partial charge is 0.341 e.